The van der Waals surface area contributed by atoms with Crippen molar-refractivity contribution in [3.8, 4) is 0 Å². The first kappa shape index (κ1) is 11.7. The molecule has 88 valence electrons. The van der Waals surface area contributed by atoms with Gasteiger partial charge in [-0.3, -0.25) is 4.31 Å². The molecule has 1 aliphatic heterocycles. The minimum absolute atomic E-state index is 0.235. The lowest BCUT2D eigenvalue weighted by atomic mass is 10.2. The van der Waals surface area contributed by atoms with Crippen LogP contribution in [0.1, 0.15) is 18.4 Å². The lowest BCUT2D eigenvalue weighted by Crippen LogP contribution is -2.38. The van der Waals surface area contributed by atoms with Crippen molar-refractivity contribution in [3.63, 3.8) is 0 Å². The molecule has 0 radical (unpaired) electrons. The van der Waals surface area contributed by atoms with Crippen LogP contribution in [0.4, 0.5) is 5.69 Å². The third-order valence-corrected chi connectivity index (χ3v) is 4.88. The predicted molar refractivity (Wildman–Crippen MR) is 66.6 cm³/mol. The van der Waals surface area contributed by atoms with Crippen molar-refractivity contribution in [1.82, 2.24) is 0 Å². The van der Waals surface area contributed by atoms with Gasteiger partial charge in [-0.1, -0.05) is 17.7 Å². The average Bonchev–Trinajstić information content (AvgIpc) is 2.22. The Morgan fingerprint density at radius 2 is 2.06 bits per heavy atom. The Kier molecular flexibility index (Phi) is 3.13. The SMILES string of the molecule is Cc1ccc(Cl)cc1N1CCCCS1(=O)=O. The molecular weight excluding hydrogens is 246 g/mol. The first-order valence-electron chi connectivity index (χ1n) is 5.27. The minimum atomic E-state index is -3.14. The molecule has 0 amide bonds. The van der Waals surface area contributed by atoms with E-state index in [-0.39, 0.29) is 5.75 Å². The summed E-state index contributed by atoms with van der Waals surface area (Å²) in [6.45, 7) is 2.46. The van der Waals surface area contributed by atoms with E-state index < -0.39 is 10.0 Å². The van der Waals surface area contributed by atoms with Crippen LogP contribution in [0.3, 0.4) is 0 Å². The van der Waals surface area contributed by atoms with Crippen LogP contribution < -0.4 is 4.31 Å². The van der Waals surface area contributed by atoms with Gasteiger partial charge in [-0.2, -0.15) is 0 Å². The van der Waals surface area contributed by atoms with Crippen LogP contribution in [-0.4, -0.2) is 20.7 Å². The van der Waals surface area contributed by atoms with Crippen molar-refractivity contribution in [2.45, 2.75) is 19.8 Å². The van der Waals surface area contributed by atoms with E-state index in [0.717, 1.165) is 18.4 Å². The molecule has 1 aromatic carbocycles. The number of benzene rings is 1. The fourth-order valence-electron chi connectivity index (χ4n) is 1.91. The second-order valence-electron chi connectivity index (χ2n) is 4.03. The Labute approximate surface area is 101 Å². The van der Waals surface area contributed by atoms with Gasteiger partial charge in [-0.25, -0.2) is 8.42 Å². The largest absolute Gasteiger partial charge is 0.270 e. The van der Waals surface area contributed by atoms with Crippen LogP contribution in [0.25, 0.3) is 0 Å². The Morgan fingerprint density at radius 3 is 2.75 bits per heavy atom. The highest BCUT2D eigenvalue weighted by molar-refractivity contribution is 7.92. The monoisotopic (exact) mass is 259 g/mol. The second-order valence-corrected chi connectivity index (χ2v) is 6.48. The third-order valence-electron chi connectivity index (χ3n) is 2.79. The fourth-order valence-corrected chi connectivity index (χ4v) is 3.77. The molecule has 0 spiro atoms. The average molecular weight is 260 g/mol. The van der Waals surface area contributed by atoms with E-state index in [1.807, 2.05) is 13.0 Å². The fraction of sp³-hybridized carbons (Fsp3) is 0.455. The van der Waals surface area contributed by atoms with Gasteiger partial charge in [-0.15, -0.1) is 0 Å². The van der Waals surface area contributed by atoms with E-state index in [1.54, 1.807) is 12.1 Å². The number of sulfonamides is 1. The zero-order chi connectivity index (χ0) is 11.8. The van der Waals surface area contributed by atoms with Gasteiger partial charge in [0.05, 0.1) is 11.4 Å². The highest BCUT2D eigenvalue weighted by Crippen LogP contribution is 2.29. The summed E-state index contributed by atoms with van der Waals surface area (Å²) in [6.07, 6.45) is 1.66. The summed E-state index contributed by atoms with van der Waals surface area (Å²) in [5.74, 6) is 0.235. The van der Waals surface area contributed by atoms with Crippen LogP contribution in [0, 0.1) is 6.92 Å². The second kappa shape index (κ2) is 4.26. The summed E-state index contributed by atoms with van der Waals surface area (Å²) in [5.41, 5.74) is 1.65. The van der Waals surface area contributed by atoms with Crippen molar-refractivity contribution >= 4 is 27.3 Å². The molecule has 5 heteroatoms. The first-order chi connectivity index (χ1) is 7.50. The minimum Gasteiger partial charge on any atom is -0.270 e. The van der Waals surface area contributed by atoms with Crippen molar-refractivity contribution in [3.05, 3.63) is 28.8 Å². The summed E-state index contributed by atoms with van der Waals surface area (Å²) >= 11 is 5.91. The smallest absolute Gasteiger partial charge is 0.235 e. The molecule has 16 heavy (non-hydrogen) atoms. The molecule has 1 aliphatic rings. The molecule has 1 heterocycles. The molecule has 1 saturated heterocycles. The summed E-state index contributed by atoms with van der Waals surface area (Å²) in [4.78, 5) is 0. The van der Waals surface area contributed by atoms with Gasteiger partial charge in [0.2, 0.25) is 10.0 Å². The Morgan fingerprint density at radius 1 is 1.31 bits per heavy atom. The molecule has 0 N–H and O–H groups in total. The molecule has 0 saturated carbocycles. The van der Waals surface area contributed by atoms with Gasteiger partial charge in [0.25, 0.3) is 0 Å². The van der Waals surface area contributed by atoms with Crippen LogP contribution in [0.5, 0.6) is 0 Å². The standard InChI is InChI=1S/C11H14ClNO2S/c1-9-4-5-10(12)8-11(9)13-6-2-3-7-16(13,14)15/h4-5,8H,2-3,6-7H2,1H3. The topological polar surface area (TPSA) is 37.4 Å². The zero-order valence-corrected chi connectivity index (χ0v) is 10.7. The van der Waals surface area contributed by atoms with Crippen LogP contribution >= 0.6 is 11.6 Å². The molecule has 0 aromatic heterocycles. The lowest BCUT2D eigenvalue weighted by Gasteiger charge is -2.29. The van der Waals surface area contributed by atoms with Crippen molar-refractivity contribution in [2.24, 2.45) is 0 Å². The number of rotatable bonds is 1. The molecule has 0 atom stereocenters. The highest BCUT2D eigenvalue weighted by atomic mass is 35.5. The van der Waals surface area contributed by atoms with Crippen LogP contribution in [0.15, 0.2) is 18.2 Å². The highest BCUT2D eigenvalue weighted by Gasteiger charge is 2.26. The normalized spacial score (nSPS) is 19.8. The molecule has 1 aromatic rings. The van der Waals surface area contributed by atoms with Crippen molar-refractivity contribution < 1.29 is 8.42 Å². The number of nitrogens with zero attached hydrogens (tertiary/aromatic N) is 1. The summed E-state index contributed by atoms with van der Waals surface area (Å²) < 4.78 is 25.3. The molecule has 0 bridgehead atoms. The number of halogens is 1. The number of hydrogen-bond donors (Lipinski definition) is 0. The zero-order valence-electron chi connectivity index (χ0n) is 9.11. The molecule has 0 aliphatic carbocycles. The molecule has 1 fully saturated rings. The van der Waals surface area contributed by atoms with E-state index in [1.165, 1.54) is 4.31 Å². The number of hydrogen-bond acceptors (Lipinski definition) is 2. The van der Waals surface area contributed by atoms with E-state index in [2.05, 4.69) is 0 Å². The Hall–Kier alpha value is -0.740. The van der Waals surface area contributed by atoms with Gasteiger partial charge in [0, 0.05) is 11.6 Å². The van der Waals surface area contributed by atoms with Gasteiger partial charge < -0.3 is 0 Å². The van der Waals surface area contributed by atoms with Gasteiger partial charge >= 0.3 is 0 Å². The number of anilines is 1. The Balaban J connectivity index is 2.46. The van der Waals surface area contributed by atoms with Crippen molar-refractivity contribution in [2.75, 3.05) is 16.6 Å². The number of aryl methyl sites for hydroxylation is 1. The van der Waals surface area contributed by atoms with E-state index >= 15 is 0 Å². The van der Waals surface area contributed by atoms with E-state index in [9.17, 15) is 8.42 Å². The van der Waals surface area contributed by atoms with Gasteiger partial charge in [-0.05, 0) is 37.5 Å². The molecule has 0 unspecified atom stereocenters. The van der Waals surface area contributed by atoms with E-state index in [4.69, 9.17) is 11.6 Å². The quantitative estimate of drug-likeness (QED) is 0.777. The maximum atomic E-state index is 11.9. The molecule has 2 rings (SSSR count). The van der Waals surface area contributed by atoms with Gasteiger partial charge in [0.15, 0.2) is 0 Å². The maximum Gasteiger partial charge on any atom is 0.235 e. The molecular formula is C11H14ClNO2S. The van der Waals surface area contributed by atoms with Crippen LogP contribution in [-0.2, 0) is 10.0 Å². The van der Waals surface area contributed by atoms with Crippen molar-refractivity contribution in [1.29, 1.82) is 0 Å². The first-order valence-corrected chi connectivity index (χ1v) is 7.26. The summed E-state index contributed by atoms with van der Waals surface area (Å²) in [5, 5.41) is 0.571. The Bertz CT molecular complexity index is 499. The third kappa shape index (κ3) is 2.18. The molecule has 3 nitrogen and oxygen atoms in total. The maximum absolute atomic E-state index is 11.9. The lowest BCUT2D eigenvalue weighted by molar-refractivity contribution is 0.574. The van der Waals surface area contributed by atoms with Crippen LogP contribution in [0.2, 0.25) is 5.02 Å². The van der Waals surface area contributed by atoms with Gasteiger partial charge in [0.1, 0.15) is 0 Å². The summed E-state index contributed by atoms with van der Waals surface area (Å²) in [7, 11) is -3.14. The predicted octanol–water partition coefficient (Wildman–Crippen LogP) is 2.58. The van der Waals surface area contributed by atoms with E-state index in [0.29, 0.717) is 17.3 Å². The summed E-state index contributed by atoms with van der Waals surface area (Å²) in [6, 6.07) is 5.35.